The zero-order valence-electron chi connectivity index (χ0n) is 16.7. The summed E-state index contributed by atoms with van der Waals surface area (Å²) in [6.07, 6.45) is 9.60. The fourth-order valence-electron chi connectivity index (χ4n) is 3.29. The van der Waals surface area contributed by atoms with Gasteiger partial charge in [-0.3, -0.25) is 14.7 Å². The van der Waals surface area contributed by atoms with Gasteiger partial charge in [-0.05, 0) is 61.8 Å². The van der Waals surface area contributed by atoms with Crippen molar-refractivity contribution in [3.63, 3.8) is 0 Å². The first-order valence-electron chi connectivity index (χ1n) is 10.1. The molecule has 156 valence electrons. The molecule has 0 spiro atoms. The second kappa shape index (κ2) is 11.7. The molecule has 3 rings (SSSR count). The van der Waals surface area contributed by atoms with Gasteiger partial charge in [-0.25, -0.2) is 0 Å². The molecule has 29 heavy (non-hydrogen) atoms. The lowest BCUT2D eigenvalue weighted by molar-refractivity contribution is -0.118. The van der Waals surface area contributed by atoms with E-state index in [0.717, 1.165) is 31.1 Å². The normalized spacial score (nSPS) is 15.4. The third-order valence-electron chi connectivity index (χ3n) is 4.81. The monoisotopic (exact) mass is 415 g/mol. The molecule has 1 saturated heterocycles. The van der Waals surface area contributed by atoms with Gasteiger partial charge < -0.3 is 14.8 Å². The number of hydrogen-bond donors (Lipinski definition) is 2. The van der Waals surface area contributed by atoms with Gasteiger partial charge in [-0.2, -0.15) is 0 Å². The molecule has 7 heteroatoms. The van der Waals surface area contributed by atoms with Crippen molar-refractivity contribution in [3.8, 4) is 0 Å². The zero-order valence-corrected chi connectivity index (χ0v) is 17.5. The molecule has 0 unspecified atom stereocenters. The topological polar surface area (TPSA) is 78.6 Å². The average molecular weight is 416 g/mol. The molecule has 0 saturated carbocycles. The molecule has 6 nitrogen and oxygen atoms in total. The number of thioether (sulfide) groups is 1. The smallest absolute Gasteiger partial charge is 0.230 e. The number of hydrogen-bond acceptors (Lipinski definition) is 6. The zero-order chi connectivity index (χ0) is 20.3. The molecule has 1 aliphatic rings. The van der Waals surface area contributed by atoms with Crippen LogP contribution in [0.15, 0.2) is 53.0 Å². The van der Waals surface area contributed by atoms with Crippen molar-refractivity contribution in [2.45, 2.75) is 38.0 Å². The summed E-state index contributed by atoms with van der Waals surface area (Å²) in [4.78, 5) is 18.7. The summed E-state index contributed by atoms with van der Waals surface area (Å²) >= 11 is 1.48. The standard InChI is InChI=1S/C22H29N3O3S/c26-20(14-24-22(27)17-29-16-21-5-4-12-28-21)7-6-19-13-18(8-9-23-19)15-25-10-2-1-3-11-25/h4-5,7-9,12-13,26H,1-3,6,10-11,14-17H2,(H,24,27)/b20-7-. The van der Waals surface area contributed by atoms with Gasteiger partial charge in [0.15, 0.2) is 0 Å². The number of carbonyl (C=O) groups excluding carboxylic acids is 1. The van der Waals surface area contributed by atoms with Crippen molar-refractivity contribution in [2.24, 2.45) is 0 Å². The van der Waals surface area contributed by atoms with E-state index in [1.54, 1.807) is 12.3 Å². The van der Waals surface area contributed by atoms with Crippen LogP contribution in [0.4, 0.5) is 0 Å². The van der Waals surface area contributed by atoms with E-state index in [-0.39, 0.29) is 18.2 Å². The fourth-order valence-corrected chi connectivity index (χ4v) is 4.04. The minimum Gasteiger partial charge on any atom is -0.511 e. The number of nitrogens with zero attached hydrogens (tertiary/aromatic N) is 2. The van der Waals surface area contributed by atoms with Crippen LogP contribution in [0.1, 0.15) is 36.3 Å². The van der Waals surface area contributed by atoms with Gasteiger partial charge in [-0.15, -0.1) is 11.8 Å². The molecule has 2 aromatic rings. The molecular weight excluding hydrogens is 386 g/mol. The molecule has 0 atom stereocenters. The van der Waals surface area contributed by atoms with E-state index >= 15 is 0 Å². The number of nitrogens with one attached hydrogen (secondary N) is 1. The number of likely N-dealkylation sites (tertiary alicyclic amines) is 1. The number of piperidine rings is 1. The van der Waals surface area contributed by atoms with Crippen LogP contribution in [0.5, 0.6) is 0 Å². The molecule has 2 aromatic heterocycles. The average Bonchev–Trinajstić information content (AvgIpc) is 3.25. The van der Waals surface area contributed by atoms with Crippen molar-refractivity contribution in [1.29, 1.82) is 0 Å². The minimum absolute atomic E-state index is 0.108. The summed E-state index contributed by atoms with van der Waals surface area (Å²) in [6, 6.07) is 7.87. The second-order valence-corrected chi connectivity index (χ2v) is 8.23. The molecule has 1 aliphatic heterocycles. The Kier molecular flexibility index (Phi) is 8.64. The van der Waals surface area contributed by atoms with E-state index in [2.05, 4.69) is 27.3 Å². The Morgan fingerprint density at radius 3 is 2.97 bits per heavy atom. The van der Waals surface area contributed by atoms with E-state index in [4.69, 9.17) is 4.42 Å². The Balaban J connectivity index is 1.37. The van der Waals surface area contributed by atoms with Crippen LogP contribution in [-0.2, 0) is 23.5 Å². The van der Waals surface area contributed by atoms with Gasteiger partial charge in [0.25, 0.3) is 0 Å². The molecule has 0 bridgehead atoms. The van der Waals surface area contributed by atoms with Gasteiger partial charge in [0.05, 0.1) is 24.3 Å². The Morgan fingerprint density at radius 2 is 2.17 bits per heavy atom. The lowest BCUT2D eigenvalue weighted by Crippen LogP contribution is -2.29. The van der Waals surface area contributed by atoms with Crippen LogP contribution in [0.2, 0.25) is 0 Å². The maximum absolute atomic E-state index is 11.9. The number of furan rings is 1. The summed E-state index contributed by atoms with van der Waals surface area (Å²) in [7, 11) is 0. The maximum Gasteiger partial charge on any atom is 0.230 e. The Bertz CT molecular complexity index is 786. The third-order valence-corrected chi connectivity index (χ3v) is 5.76. The number of aliphatic hydroxyl groups is 1. The second-order valence-electron chi connectivity index (χ2n) is 7.24. The summed E-state index contributed by atoms with van der Waals surface area (Å²) < 4.78 is 5.23. The first-order chi connectivity index (χ1) is 14.2. The van der Waals surface area contributed by atoms with Crippen LogP contribution >= 0.6 is 11.8 Å². The first kappa shape index (κ1) is 21.5. The highest BCUT2D eigenvalue weighted by atomic mass is 32.2. The molecule has 3 heterocycles. The summed E-state index contributed by atoms with van der Waals surface area (Å²) in [6.45, 7) is 3.42. The maximum atomic E-state index is 11.9. The van der Waals surface area contributed by atoms with Crippen molar-refractivity contribution < 1.29 is 14.3 Å². The van der Waals surface area contributed by atoms with E-state index in [1.807, 2.05) is 18.3 Å². The van der Waals surface area contributed by atoms with Crippen LogP contribution < -0.4 is 5.32 Å². The molecule has 1 fully saturated rings. The molecule has 0 aromatic carbocycles. The van der Waals surface area contributed by atoms with Crippen molar-refractivity contribution in [2.75, 3.05) is 25.4 Å². The Morgan fingerprint density at radius 1 is 1.31 bits per heavy atom. The molecule has 0 aliphatic carbocycles. The number of carbonyl (C=O) groups is 1. The summed E-state index contributed by atoms with van der Waals surface area (Å²) in [5.74, 6) is 1.87. The van der Waals surface area contributed by atoms with Gasteiger partial charge in [-0.1, -0.05) is 6.42 Å². The number of pyridine rings is 1. The van der Waals surface area contributed by atoms with E-state index in [1.165, 1.54) is 36.6 Å². The lowest BCUT2D eigenvalue weighted by atomic mass is 10.1. The SMILES string of the molecule is O=C(CSCc1ccco1)NC/C(O)=C/Cc1cc(CN2CCCCC2)ccn1. The van der Waals surface area contributed by atoms with Gasteiger partial charge in [0.1, 0.15) is 11.5 Å². The van der Waals surface area contributed by atoms with E-state index in [0.29, 0.717) is 17.9 Å². The van der Waals surface area contributed by atoms with Gasteiger partial charge >= 0.3 is 0 Å². The first-order valence-corrected chi connectivity index (χ1v) is 11.3. The predicted molar refractivity (Wildman–Crippen MR) is 116 cm³/mol. The van der Waals surface area contributed by atoms with Gasteiger partial charge in [0.2, 0.25) is 5.91 Å². The highest BCUT2D eigenvalue weighted by Crippen LogP contribution is 2.14. The minimum atomic E-state index is -0.108. The summed E-state index contributed by atoms with van der Waals surface area (Å²) in [5.41, 5.74) is 2.18. The molecule has 0 radical (unpaired) electrons. The molecule has 2 N–H and O–H groups in total. The van der Waals surface area contributed by atoms with Crippen LogP contribution in [-0.4, -0.2) is 46.3 Å². The number of allylic oxidation sites excluding steroid dienone is 1. The van der Waals surface area contributed by atoms with E-state index in [9.17, 15) is 9.90 Å². The Labute approximate surface area is 176 Å². The highest BCUT2D eigenvalue weighted by Gasteiger charge is 2.10. The third kappa shape index (κ3) is 7.95. The van der Waals surface area contributed by atoms with Crippen molar-refractivity contribution in [3.05, 3.63) is 65.6 Å². The number of amides is 1. The number of aliphatic hydroxyl groups excluding tert-OH is 1. The van der Waals surface area contributed by atoms with Crippen LogP contribution in [0.25, 0.3) is 0 Å². The predicted octanol–water partition coefficient (Wildman–Crippen LogP) is 3.69. The Hall–Kier alpha value is -2.25. The van der Waals surface area contributed by atoms with E-state index < -0.39 is 0 Å². The largest absolute Gasteiger partial charge is 0.511 e. The van der Waals surface area contributed by atoms with Crippen molar-refractivity contribution >= 4 is 17.7 Å². The molecular formula is C22H29N3O3S. The van der Waals surface area contributed by atoms with Crippen LogP contribution in [0.3, 0.4) is 0 Å². The number of rotatable bonds is 10. The van der Waals surface area contributed by atoms with Crippen molar-refractivity contribution in [1.82, 2.24) is 15.2 Å². The fraction of sp³-hybridized carbons (Fsp3) is 0.455. The van der Waals surface area contributed by atoms with Gasteiger partial charge in [0, 0.05) is 24.9 Å². The quantitative estimate of drug-likeness (QED) is 0.576. The van der Waals surface area contributed by atoms with Crippen LogP contribution in [0, 0.1) is 0 Å². The summed E-state index contributed by atoms with van der Waals surface area (Å²) in [5, 5.41) is 12.8. The lowest BCUT2D eigenvalue weighted by Gasteiger charge is -2.26. The number of aromatic nitrogens is 1. The molecule has 1 amide bonds. The highest BCUT2D eigenvalue weighted by molar-refractivity contribution is 7.99.